The molecule has 172 valence electrons. The van der Waals surface area contributed by atoms with Gasteiger partial charge in [-0.1, -0.05) is 6.07 Å². The fourth-order valence-electron chi connectivity index (χ4n) is 4.92. The van der Waals surface area contributed by atoms with Crippen molar-refractivity contribution in [2.24, 2.45) is 0 Å². The third kappa shape index (κ3) is 5.12. The van der Waals surface area contributed by atoms with E-state index in [1.54, 1.807) is 18.2 Å². The number of likely N-dealkylation sites (tertiary alicyclic amines) is 1. The summed E-state index contributed by atoms with van der Waals surface area (Å²) in [6, 6.07) is 6.62. The van der Waals surface area contributed by atoms with E-state index in [0.717, 1.165) is 32.5 Å². The number of nitrogens with zero attached hydrogens (tertiary/aromatic N) is 3. The predicted octanol–water partition coefficient (Wildman–Crippen LogP) is 1.42. The van der Waals surface area contributed by atoms with Crippen molar-refractivity contribution in [2.45, 2.75) is 49.8 Å². The minimum absolute atomic E-state index is 0.0871. The van der Waals surface area contributed by atoms with Gasteiger partial charge in [0.25, 0.3) is 5.91 Å². The Morgan fingerprint density at radius 1 is 1.10 bits per heavy atom. The Labute approximate surface area is 185 Å². The standard InChI is InChI=1S/C22H33N3O5S/c1-17-14-23(15-18(2)30-17)16-20-6-4-8-25(20)22(26)19-5-3-7-21(13-19)31(27,28)24-9-11-29-12-10-24/h3,5,7,13,17-18,20H,4,6,8-12,14-16H2,1-2H3. The minimum atomic E-state index is -3.63. The van der Waals surface area contributed by atoms with E-state index in [2.05, 4.69) is 18.7 Å². The van der Waals surface area contributed by atoms with Crippen LogP contribution in [0.4, 0.5) is 0 Å². The first-order chi connectivity index (χ1) is 14.8. The number of carbonyl (C=O) groups excluding carboxylic acids is 1. The molecule has 8 nitrogen and oxygen atoms in total. The topological polar surface area (TPSA) is 79.4 Å². The molecule has 0 N–H and O–H groups in total. The smallest absolute Gasteiger partial charge is 0.254 e. The number of amides is 1. The zero-order chi connectivity index (χ0) is 22.0. The van der Waals surface area contributed by atoms with Crippen LogP contribution < -0.4 is 0 Å². The van der Waals surface area contributed by atoms with Crippen LogP contribution in [0.3, 0.4) is 0 Å². The third-order valence-electron chi connectivity index (χ3n) is 6.29. The van der Waals surface area contributed by atoms with Gasteiger partial charge in [0.1, 0.15) is 0 Å². The van der Waals surface area contributed by atoms with Crippen molar-refractivity contribution < 1.29 is 22.7 Å². The van der Waals surface area contributed by atoms with Crippen molar-refractivity contribution in [3.8, 4) is 0 Å². The van der Waals surface area contributed by atoms with E-state index >= 15 is 0 Å². The Bertz CT molecular complexity index is 877. The van der Waals surface area contributed by atoms with E-state index in [1.807, 2.05) is 4.90 Å². The number of hydrogen-bond acceptors (Lipinski definition) is 6. The minimum Gasteiger partial charge on any atom is -0.379 e. The van der Waals surface area contributed by atoms with Crippen LogP contribution in [-0.2, 0) is 19.5 Å². The molecule has 3 heterocycles. The van der Waals surface area contributed by atoms with Crippen molar-refractivity contribution in [3.05, 3.63) is 29.8 Å². The SMILES string of the molecule is CC1CN(CC2CCCN2C(=O)c2cccc(S(=O)(=O)N3CCOCC3)c2)CC(C)O1. The van der Waals surface area contributed by atoms with Crippen molar-refractivity contribution in [1.29, 1.82) is 0 Å². The molecular formula is C22H33N3O5S. The quantitative estimate of drug-likeness (QED) is 0.674. The summed E-state index contributed by atoms with van der Waals surface area (Å²) in [5.74, 6) is -0.0871. The number of rotatable bonds is 5. The highest BCUT2D eigenvalue weighted by molar-refractivity contribution is 7.89. The molecule has 9 heteroatoms. The molecule has 31 heavy (non-hydrogen) atoms. The highest BCUT2D eigenvalue weighted by atomic mass is 32.2. The van der Waals surface area contributed by atoms with Crippen molar-refractivity contribution in [1.82, 2.24) is 14.1 Å². The number of hydrogen-bond donors (Lipinski definition) is 0. The molecule has 3 atom stereocenters. The first-order valence-corrected chi connectivity index (χ1v) is 12.7. The van der Waals surface area contributed by atoms with Gasteiger partial charge >= 0.3 is 0 Å². The Balaban J connectivity index is 1.48. The molecule has 3 unspecified atom stereocenters. The summed E-state index contributed by atoms with van der Waals surface area (Å²) < 4.78 is 38.5. The van der Waals surface area contributed by atoms with Crippen LogP contribution in [0.5, 0.6) is 0 Å². The second-order valence-corrected chi connectivity index (χ2v) is 10.8. The van der Waals surface area contributed by atoms with Gasteiger partial charge in [-0.2, -0.15) is 4.31 Å². The van der Waals surface area contributed by atoms with Crippen LogP contribution in [0.25, 0.3) is 0 Å². The first kappa shape index (κ1) is 22.7. The van der Waals surface area contributed by atoms with Crippen LogP contribution in [0, 0.1) is 0 Å². The van der Waals surface area contributed by atoms with Gasteiger partial charge in [0.15, 0.2) is 0 Å². The maximum Gasteiger partial charge on any atom is 0.254 e. The van der Waals surface area contributed by atoms with Crippen molar-refractivity contribution in [3.63, 3.8) is 0 Å². The Hall–Kier alpha value is -1.52. The predicted molar refractivity (Wildman–Crippen MR) is 117 cm³/mol. The number of ether oxygens (including phenoxy) is 2. The van der Waals surface area contributed by atoms with Crippen LogP contribution in [-0.4, -0.2) is 99.2 Å². The van der Waals surface area contributed by atoms with Crippen LogP contribution in [0.1, 0.15) is 37.0 Å². The molecule has 4 rings (SSSR count). The van der Waals surface area contributed by atoms with Gasteiger partial charge < -0.3 is 14.4 Å². The molecule has 0 saturated carbocycles. The average molecular weight is 452 g/mol. The van der Waals surface area contributed by atoms with Crippen molar-refractivity contribution >= 4 is 15.9 Å². The van der Waals surface area contributed by atoms with Crippen LogP contribution in [0.2, 0.25) is 0 Å². The number of morpholine rings is 2. The zero-order valence-corrected chi connectivity index (χ0v) is 19.2. The first-order valence-electron chi connectivity index (χ1n) is 11.2. The van der Waals surface area contributed by atoms with Crippen LogP contribution in [0.15, 0.2) is 29.2 Å². The maximum atomic E-state index is 13.3. The van der Waals surface area contributed by atoms with E-state index in [0.29, 0.717) is 38.4 Å². The number of sulfonamides is 1. The average Bonchev–Trinajstić information content (AvgIpc) is 3.21. The summed E-state index contributed by atoms with van der Waals surface area (Å²) >= 11 is 0. The second-order valence-electron chi connectivity index (χ2n) is 8.81. The highest BCUT2D eigenvalue weighted by Crippen LogP contribution is 2.24. The molecule has 0 bridgehead atoms. The highest BCUT2D eigenvalue weighted by Gasteiger charge is 2.34. The van der Waals surface area contributed by atoms with Gasteiger partial charge in [-0.05, 0) is 44.9 Å². The normalized spacial score (nSPS) is 28.7. The van der Waals surface area contributed by atoms with Crippen molar-refractivity contribution in [2.75, 3.05) is 52.5 Å². The third-order valence-corrected chi connectivity index (χ3v) is 8.19. The van der Waals surface area contributed by atoms with Gasteiger partial charge in [-0.25, -0.2) is 8.42 Å². The number of carbonyl (C=O) groups is 1. The zero-order valence-electron chi connectivity index (χ0n) is 18.4. The molecule has 3 aliphatic heterocycles. The lowest BCUT2D eigenvalue weighted by molar-refractivity contribution is -0.0715. The molecule has 3 saturated heterocycles. The number of benzene rings is 1. The summed E-state index contributed by atoms with van der Waals surface area (Å²) in [6.45, 7) is 8.91. The van der Waals surface area contributed by atoms with Crippen LogP contribution >= 0.6 is 0 Å². The molecule has 0 spiro atoms. The fourth-order valence-corrected chi connectivity index (χ4v) is 6.37. The van der Waals surface area contributed by atoms with Gasteiger partial charge in [0, 0.05) is 50.9 Å². The summed E-state index contributed by atoms with van der Waals surface area (Å²) in [4.78, 5) is 17.8. The largest absolute Gasteiger partial charge is 0.379 e. The lowest BCUT2D eigenvalue weighted by Gasteiger charge is -2.38. The molecule has 1 amide bonds. The van der Waals surface area contributed by atoms with E-state index in [-0.39, 0.29) is 29.1 Å². The van der Waals surface area contributed by atoms with E-state index in [1.165, 1.54) is 10.4 Å². The van der Waals surface area contributed by atoms with Gasteiger partial charge in [0.05, 0.1) is 30.3 Å². The summed E-state index contributed by atoms with van der Waals surface area (Å²) in [5, 5.41) is 0. The second kappa shape index (κ2) is 9.54. The molecule has 1 aromatic rings. The van der Waals surface area contributed by atoms with Gasteiger partial charge in [-0.15, -0.1) is 0 Å². The van der Waals surface area contributed by atoms with E-state index in [9.17, 15) is 13.2 Å². The molecule has 3 fully saturated rings. The lowest BCUT2D eigenvalue weighted by atomic mass is 10.1. The lowest BCUT2D eigenvalue weighted by Crippen LogP contribution is -2.50. The summed E-state index contributed by atoms with van der Waals surface area (Å²) in [7, 11) is -3.63. The maximum absolute atomic E-state index is 13.3. The fraction of sp³-hybridized carbons (Fsp3) is 0.682. The molecular weight excluding hydrogens is 418 g/mol. The Morgan fingerprint density at radius 3 is 2.52 bits per heavy atom. The molecule has 0 radical (unpaired) electrons. The van der Waals surface area contributed by atoms with Gasteiger partial charge in [0.2, 0.25) is 10.0 Å². The molecule has 0 aliphatic carbocycles. The Kier molecular flexibility index (Phi) is 6.98. The van der Waals surface area contributed by atoms with E-state index < -0.39 is 10.0 Å². The van der Waals surface area contributed by atoms with Gasteiger partial charge in [-0.3, -0.25) is 9.69 Å². The molecule has 3 aliphatic rings. The molecule has 1 aromatic carbocycles. The summed E-state index contributed by atoms with van der Waals surface area (Å²) in [6.07, 6.45) is 2.32. The van der Waals surface area contributed by atoms with E-state index in [4.69, 9.17) is 9.47 Å². The molecule has 0 aromatic heterocycles. The summed E-state index contributed by atoms with van der Waals surface area (Å²) in [5.41, 5.74) is 0.435. The Morgan fingerprint density at radius 2 is 1.81 bits per heavy atom. The monoisotopic (exact) mass is 451 g/mol.